The molecule has 0 atom stereocenters. The highest BCUT2D eigenvalue weighted by atomic mass is 16.5. The van der Waals surface area contributed by atoms with Crippen molar-refractivity contribution in [1.29, 1.82) is 0 Å². The minimum Gasteiger partial charge on any atom is -0.368 e. The summed E-state index contributed by atoms with van der Waals surface area (Å²) in [6.07, 6.45) is 0.0271. The van der Waals surface area contributed by atoms with Gasteiger partial charge in [-0.25, -0.2) is 4.98 Å². The molecule has 4 N–H and O–H groups in total. The topological polar surface area (TPSA) is 97.2 Å². The summed E-state index contributed by atoms with van der Waals surface area (Å²) in [5, 5.41) is 18.8. The molecular formula is C8H10N4O2. The molecule has 0 saturated heterocycles. The van der Waals surface area contributed by atoms with Gasteiger partial charge in [-0.2, -0.15) is 4.98 Å². The SMILES string of the molecule is Cn1c(C(O)O)cc2cnc(N)nc21. The molecule has 0 aromatic carbocycles. The van der Waals surface area contributed by atoms with E-state index >= 15 is 0 Å². The second kappa shape index (κ2) is 2.93. The number of nitrogens with zero attached hydrogens (tertiary/aromatic N) is 3. The lowest BCUT2D eigenvalue weighted by Gasteiger charge is -2.04. The van der Waals surface area contributed by atoms with Crippen LogP contribution in [-0.2, 0) is 7.05 Å². The number of hydrogen-bond acceptors (Lipinski definition) is 5. The Balaban J connectivity index is 2.74. The van der Waals surface area contributed by atoms with E-state index in [0.717, 1.165) is 5.39 Å². The van der Waals surface area contributed by atoms with Gasteiger partial charge in [-0.1, -0.05) is 0 Å². The summed E-state index contributed by atoms with van der Waals surface area (Å²) >= 11 is 0. The van der Waals surface area contributed by atoms with Crippen LogP contribution in [0.5, 0.6) is 0 Å². The Morgan fingerprint density at radius 3 is 2.86 bits per heavy atom. The molecular weight excluding hydrogens is 184 g/mol. The summed E-state index contributed by atoms with van der Waals surface area (Å²) in [5.41, 5.74) is 6.36. The van der Waals surface area contributed by atoms with Crippen molar-refractivity contribution in [1.82, 2.24) is 14.5 Å². The Kier molecular flexibility index (Phi) is 1.87. The molecule has 0 saturated carbocycles. The van der Waals surface area contributed by atoms with Crippen LogP contribution < -0.4 is 5.73 Å². The van der Waals surface area contributed by atoms with E-state index in [1.807, 2.05) is 0 Å². The number of aryl methyl sites for hydroxylation is 1. The zero-order chi connectivity index (χ0) is 10.3. The quantitative estimate of drug-likeness (QED) is 0.533. The number of nitrogen functional groups attached to an aromatic ring is 1. The van der Waals surface area contributed by atoms with Gasteiger partial charge in [-0.15, -0.1) is 0 Å². The number of fused-ring (bicyclic) bond motifs is 1. The third-order valence-electron chi connectivity index (χ3n) is 2.09. The summed E-state index contributed by atoms with van der Waals surface area (Å²) in [5.74, 6) is 0.165. The van der Waals surface area contributed by atoms with Crippen molar-refractivity contribution in [3.63, 3.8) is 0 Å². The van der Waals surface area contributed by atoms with Gasteiger partial charge >= 0.3 is 0 Å². The zero-order valence-corrected chi connectivity index (χ0v) is 7.55. The van der Waals surface area contributed by atoms with Crippen LogP contribution in [-0.4, -0.2) is 24.7 Å². The van der Waals surface area contributed by atoms with Gasteiger partial charge in [0.15, 0.2) is 6.29 Å². The first-order valence-electron chi connectivity index (χ1n) is 4.03. The maximum absolute atomic E-state index is 9.03. The van der Waals surface area contributed by atoms with E-state index in [9.17, 15) is 0 Å². The van der Waals surface area contributed by atoms with Crippen molar-refractivity contribution in [3.8, 4) is 0 Å². The number of hydrogen-bond donors (Lipinski definition) is 3. The lowest BCUT2D eigenvalue weighted by atomic mass is 10.3. The zero-order valence-electron chi connectivity index (χ0n) is 7.55. The van der Waals surface area contributed by atoms with Gasteiger partial charge < -0.3 is 20.5 Å². The van der Waals surface area contributed by atoms with Crippen molar-refractivity contribution >= 4 is 17.0 Å². The first-order chi connectivity index (χ1) is 6.59. The molecule has 2 heterocycles. The molecule has 2 aromatic heterocycles. The fourth-order valence-electron chi connectivity index (χ4n) is 1.39. The molecule has 74 valence electrons. The van der Waals surface area contributed by atoms with E-state index in [-0.39, 0.29) is 5.95 Å². The number of rotatable bonds is 1. The van der Waals surface area contributed by atoms with Crippen LogP contribution in [0.25, 0.3) is 11.0 Å². The van der Waals surface area contributed by atoms with Gasteiger partial charge in [-0.05, 0) is 6.07 Å². The molecule has 0 amide bonds. The summed E-state index contributed by atoms with van der Waals surface area (Å²) in [7, 11) is 1.68. The van der Waals surface area contributed by atoms with Crippen molar-refractivity contribution in [2.45, 2.75) is 6.29 Å². The van der Waals surface area contributed by atoms with Crippen LogP contribution in [0.2, 0.25) is 0 Å². The molecule has 14 heavy (non-hydrogen) atoms. The summed E-state index contributed by atoms with van der Waals surface area (Å²) < 4.78 is 1.57. The Labute approximate surface area is 79.6 Å². The molecule has 0 fully saturated rings. The average molecular weight is 194 g/mol. The van der Waals surface area contributed by atoms with Crippen molar-refractivity contribution in [2.24, 2.45) is 7.05 Å². The number of anilines is 1. The Morgan fingerprint density at radius 2 is 2.21 bits per heavy atom. The second-order valence-corrected chi connectivity index (χ2v) is 3.01. The van der Waals surface area contributed by atoms with E-state index in [4.69, 9.17) is 15.9 Å². The minimum absolute atomic E-state index is 0.165. The van der Waals surface area contributed by atoms with E-state index in [0.29, 0.717) is 11.3 Å². The number of aliphatic hydroxyl groups excluding tert-OH is 1. The summed E-state index contributed by atoms with van der Waals surface area (Å²) in [6, 6.07) is 1.61. The highest BCUT2D eigenvalue weighted by Gasteiger charge is 2.12. The molecule has 2 rings (SSSR count). The third kappa shape index (κ3) is 1.21. The fourth-order valence-corrected chi connectivity index (χ4v) is 1.39. The van der Waals surface area contributed by atoms with Crippen LogP contribution in [0.4, 0.5) is 5.95 Å². The van der Waals surface area contributed by atoms with Gasteiger partial charge in [0, 0.05) is 18.6 Å². The highest BCUT2D eigenvalue weighted by Crippen LogP contribution is 2.20. The molecule has 0 spiro atoms. The standard InChI is InChI=1S/C8H10N4O2/c1-12-5(7(13)14)2-4-3-10-8(9)11-6(4)12/h2-3,7,13-14H,1H3,(H2,9,10,11). The minimum atomic E-state index is -1.52. The summed E-state index contributed by atoms with van der Waals surface area (Å²) in [6.45, 7) is 0. The van der Waals surface area contributed by atoms with Gasteiger partial charge in [0.1, 0.15) is 5.65 Å². The van der Waals surface area contributed by atoms with Gasteiger partial charge in [-0.3, -0.25) is 0 Å². The number of nitrogens with two attached hydrogens (primary N) is 1. The molecule has 6 heteroatoms. The monoisotopic (exact) mass is 194 g/mol. The molecule has 0 bridgehead atoms. The van der Waals surface area contributed by atoms with Gasteiger partial charge in [0.2, 0.25) is 5.95 Å². The van der Waals surface area contributed by atoms with Crippen LogP contribution >= 0.6 is 0 Å². The lowest BCUT2D eigenvalue weighted by molar-refractivity contribution is -0.0475. The fraction of sp³-hybridized carbons (Fsp3) is 0.250. The molecule has 0 aliphatic heterocycles. The molecule has 0 unspecified atom stereocenters. The van der Waals surface area contributed by atoms with Crippen LogP contribution in [0.3, 0.4) is 0 Å². The van der Waals surface area contributed by atoms with Gasteiger partial charge in [0.25, 0.3) is 0 Å². The smallest absolute Gasteiger partial charge is 0.221 e. The normalized spacial score (nSPS) is 11.4. The Morgan fingerprint density at radius 1 is 1.50 bits per heavy atom. The third-order valence-corrected chi connectivity index (χ3v) is 2.09. The predicted octanol–water partition coefficient (Wildman–Crippen LogP) is -0.466. The molecule has 0 aliphatic carbocycles. The molecule has 2 aromatic rings. The van der Waals surface area contributed by atoms with E-state index < -0.39 is 6.29 Å². The van der Waals surface area contributed by atoms with Crippen molar-refractivity contribution in [2.75, 3.05) is 5.73 Å². The van der Waals surface area contributed by atoms with Crippen molar-refractivity contribution < 1.29 is 10.2 Å². The van der Waals surface area contributed by atoms with Gasteiger partial charge in [0.05, 0.1) is 5.69 Å². The van der Waals surface area contributed by atoms with Crippen molar-refractivity contribution in [3.05, 3.63) is 18.0 Å². The summed E-state index contributed by atoms with van der Waals surface area (Å²) in [4.78, 5) is 7.80. The Hall–Kier alpha value is -1.66. The van der Waals surface area contributed by atoms with Crippen LogP contribution in [0.15, 0.2) is 12.3 Å². The molecule has 0 aliphatic rings. The first-order valence-corrected chi connectivity index (χ1v) is 4.03. The molecule has 6 nitrogen and oxygen atoms in total. The average Bonchev–Trinajstić information content (AvgIpc) is 2.44. The maximum Gasteiger partial charge on any atom is 0.221 e. The predicted molar refractivity (Wildman–Crippen MR) is 50.1 cm³/mol. The first kappa shape index (κ1) is 8.92. The maximum atomic E-state index is 9.03. The van der Waals surface area contributed by atoms with E-state index in [1.165, 1.54) is 0 Å². The largest absolute Gasteiger partial charge is 0.368 e. The number of aromatic nitrogens is 3. The van der Waals surface area contributed by atoms with E-state index in [1.54, 1.807) is 23.9 Å². The van der Waals surface area contributed by atoms with E-state index in [2.05, 4.69) is 9.97 Å². The van der Waals surface area contributed by atoms with Crippen LogP contribution in [0, 0.1) is 0 Å². The number of aliphatic hydroxyl groups is 2. The molecule has 0 radical (unpaired) electrons. The lowest BCUT2D eigenvalue weighted by Crippen LogP contribution is -2.03. The Bertz CT molecular complexity index is 477. The van der Waals surface area contributed by atoms with Crippen LogP contribution in [0.1, 0.15) is 12.0 Å². The highest BCUT2D eigenvalue weighted by molar-refractivity contribution is 5.77. The second-order valence-electron chi connectivity index (χ2n) is 3.01.